The standard InChI is InChI=1S/C36H38FN9O4/c1-3-50-31-7-4-10-39-35(31)43-16-18-44(19-17-43)36(48)29-21-27-26(28-22-38-11-8-30(28)49-2)20-25(33(37)34(27)41-29)24-6-5-13-45(23-24)32(47)9-14-46-15-12-40-42-46/h4,6-8,10-12,15,20-22,41H,3,5,9,13-14,16-19,23H2,1-2H3. The van der Waals surface area contributed by atoms with Gasteiger partial charge in [-0.05, 0) is 54.8 Å². The van der Waals surface area contributed by atoms with Crippen molar-refractivity contribution in [3.05, 3.63) is 84.5 Å². The number of pyridine rings is 2. The van der Waals surface area contributed by atoms with Crippen molar-refractivity contribution in [1.29, 1.82) is 0 Å². The van der Waals surface area contributed by atoms with Crippen LogP contribution < -0.4 is 14.4 Å². The van der Waals surface area contributed by atoms with Crippen molar-refractivity contribution in [2.45, 2.75) is 26.3 Å². The number of aromatic amines is 1. The summed E-state index contributed by atoms with van der Waals surface area (Å²) < 4.78 is 29.7. The van der Waals surface area contributed by atoms with Gasteiger partial charge in [-0.25, -0.2) is 9.37 Å². The summed E-state index contributed by atoms with van der Waals surface area (Å²) in [5, 5.41) is 8.27. The fourth-order valence-corrected chi connectivity index (χ4v) is 6.65. The van der Waals surface area contributed by atoms with Crippen LogP contribution in [0.2, 0.25) is 0 Å². The maximum Gasteiger partial charge on any atom is 0.270 e. The lowest BCUT2D eigenvalue weighted by Crippen LogP contribution is -2.49. The molecule has 6 heterocycles. The number of hydrogen-bond acceptors (Lipinski definition) is 9. The lowest BCUT2D eigenvalue weighted by molar-refractivity contribution is -0.131. The quantitative estimate of drug-likeness (QED) is 0.228. The first kappa shape index (κ1) is 32.7. The third kappa shape index (κ3) is 6.48. The van der Waals surface area contributed by atoms with Crippen LogP contribution >= 0.6 is 0 Å². The molecule has 0 saturated carbocycles. The predicted octanol–water partition coefficient (Wildman–Crippen LogP) is 4.43. The molecule has 4 aromatic heterocycles. The molecule has 0 unspecified atom stereocenters. The highest BCUT2D eigenvalue weighted by molar-refractivity contribution is 6.05. The van der Waals surface area contributed by atoms with Crippen LogP contribution in [0.5, 0.6) is 11.5 Å². The van der Waals surface area contributed by atoms with Gasteiger partial charge in [0.1, 0.15) is 11.4 Å². The zero-order valence-corrected chi connectivity index (χ0v) is 28.0. The predicted molar refractivity (Wildman–Crippen MR) is 185 cm³/mol. The highest BCUT2D eigenvalue weighted by Crippen LogP contribution is 2.40. The van der Waals surface area contributed by atoms with Gasteiger partial charge < -0.3 is 29.2 Å². The van der Waals surface area contributed by atoms with E-state index in [1.54, 1.807) is 70.8 Å². The summed E-state index contributed by atoms with van der Waals surface area (Å²) in [4.78, 5) is 44.7. The van der Waals surface area contributed by atoms with E-state index in [2.05, 4.69) is 30.2 Å². The number of amides is 2. The van der Waals surface area contributed by atoms with Crippen LogP contribution in [0.3, 0.4) is 0 Å². The summed E-state index contributed by atoms with van der Waals surface area (Å²) in [6.45, 7) is 5.72. The van der Waals surface area contributed by atoms with Crippen molar-refractivity contribution in [1.82, 2.24) is 39.7 Å². The second-order valence-electron chi connectivity index (χ2n) is 12.1. The Bertz CT molecular complexity index is 2040. The molecule has 1 aromatic carbocycles. The number of fused-ring (bicyclic) bond motifs is 1. The van der Waals surface area contributed by atoms with Crippen molar-refractivity contribution < 1.29 is 23.5 Å². The minimum Gasteiger partial charge on any atom is -0.496 e. The van der Waals surface area contributed by atoms with E-state index in [4.69, 9.17) is 9.47 Å². The molecule has 0 spiro atoms. The van der Waals surface area contributed by atoms with Crippen molar-refractivity contribution in [2.24, 2.45) is 0 Å². The first-order valence-electron chi connectivity index (χ1n) is 16.7. The number of anilines is 1. The van der Waals surface area contributed by atoms with Gasteiger partial charge in [-0.1, -0.05) is 11.3 Å². The Balaban J connectivity index is 1.18. The molecule has 1 fully saturated rings. The number of nitrogens with one attached hydrogen (secondary N) is 1. The van der Waals surface area contributed by atoms with Gasteiger partial charge in [0.05, 0.1) is 32.0 Å². The second-order valence-corrected chi connectivity index (χ2v) is 12.1. The van der Waals surface area contributed by atoms with E-state index in [0.717, 1.165) is 5.82 Å². The van der Waals surface area contributed by atoms with Gasteiger partial charge in [0.2, 0.25) is 5.91 Å². The normalized spacial score (nSPS) is 14.9. The maximum absolute atomic E-state index is 16.7. The number of benzene rings is 1. The number of ether oxygens (including phenoxy) is 2. The van der Waals surface area contributed by atoms with Gasteiger partial charge >= 0.3 is 0 Å². The molecule has 5 aromatic rings. The van der Waals surface area contributed by atoms with E-state index >= 15 is 4.39 Å². The van der Waals surface area contributed by atoms with Crippen LogP contribution in [0.1, 0.15) is 35.8 Å². The Labute approximate surface area is 288 Å². The monoisotopic (exact) mass is 679 g/mol. The topological polar surface area (TPSA) is 135 Å². The van der Waals surface area contributed by atoms with E-state index < -0.39 is 5.82 Å². The zero-order chi connectivity index (χ0) is 34.6. The van der Waals surface area contributed by atoms with Gasteiger partial charge in [-0.3, -0.25) is 19.3 Å². The summed E-state index contributed by atoms with van der Waals surface area (Å²) >= 11 is 0. The summed E-state index contributed by atoms with van der Waals surface area (Å²) in [5.41, 5.74) is 2.84. The number of H-pyrrole nitrogens is 1. The Hall–Kier alpha value is -5.79. The summed E-state index contributed by atoms with van der Waals surface area (Å²) in [5.74, 6) is 1.26. The van der Waals surface area contributed by atoms with Crippen LogP contribution in [0.4, 0.5) is 10.2 Å². The third-order valence-electron chi connectivity index (χ3n) is 9.17. The molecule has 0 radical (unpaired) electrons. The van der Waals surface area contributed by atoms with E-state index in [0.29, 0.717) is 91.4 Å². The number of nitrogens with zero attached hydrogens (tertiary/aromatic N) is 8. The van der Waals surface area contributed by atoms with Gasteiger partial charge in [0.15, 0.2) is 17.4 Å². The fraction of sp³-hybridized carbons (Fsp3) is 0.333. The smallest absolute Gasteiger partial charge is 0.270 e. The van der Waals surface area contributed by atoms with Crippen LogP contribution in [-0.2, 0) is 11.3 Å². The minimum atomic E-state index is -0.489. The summed E-state index contributed by atoms with van der Waals surface area (Å²) in [6.07, 6.45) is 11.1. The molecule has 0 atom stereocenters. The van der Waals surface area contributed by atoms with Crippen LogP contribution in [0.25, 0.3) is 27.6 Å². The van der Waals surface area contributed by atoms with E-state index in [-0.39, 0.29) is 36.0 Å². The largest absolute Gasteiger partial charge is 0.496 e. The SMILES string of the molecule is CCOc1cccnc1N1CCN(C(=O)c2cc3c(-c4cnccc4OC)cc(C4=CCCN(C(=O)CCn5ccnn5)C4)c(F)c3[nH]2)CC1. The molecule has 1 saturated heterocycles. The summed E-state index contributed by atoms with van der Waals surface area (Å²) in [6, 6.07) is 8.96. The number of carbonyl (C=O) groups excluding carboxylic acids is 2. The number of halogens is 1. The highest BCUT2D eigenvalue weighted by Gasteiger charge is 2.29. The Morgan fingerprint density at radius 1 is 0.980 bits per heavy atom. The molecule has 0 aliphatic carbocycles. The number of carbonyl (C=O) groups is 2. The number of methoxy groups -OCH3 is 1. The van der Waals surface area contributed by atoms with Crippen LogP contribution in [0.15, 0.2) is 67.4 Å². The van der Waals surface area contributed by atoms with Crippen molar-refractivity contribution in [2.75, 3.05) is 57.9 Å². The third-order valence-corrected chi connectivity index (χ3v) is 9.17. The average molecular weight is 680 g/mol. The van der Waals surface area contributed by atoms with Crippen LogP contribution in [-0.4, -0.2) is 105 Å². The molecule has 14 heteroatoms. The van der Waals surface area contributed by atoms with E-state index in [1.807, 2.05) is 25.1 Å². The number of aryl methyl sites for hydroxylation is 1. The van der Waals surface area contributed by atoms with Crippen molar-refractivity contribution in [3.8, 4) is 22.6 Å². The van der Waals surface area contributed by atoms with Crippen LogP contribution in [0, 0.1) is 5.82 Å². The van der Waals surface area contributed by atoms with Gasteiger partial charge in [-0.15, -0.1) is 5.10 Å². The van der Waals surface area contributed by atoms with E-state index in [1.165, 1.54) is 0 Å². The molecule has 50 heavy (non-hydrogen) atoms. The highest BCUT2D eigenvalue weighted by atomic mass is 19.1. The van der Waals surface area contributed by atoms with Crippen molar-refractivity contribution >= 4 is 34.1 Å². The fourth-order valence-electron chi connectivity index (χ4n) is 6.65. The van der Waals surface area contributed by atoms with Gasteiger partial charge in [-0.2, -0.15) is 0 Å². The number of aromatic nitrogens is 6. The Kier molecular flexibility index (Phi) is 9.41. The molecule has 2 aliphatic rings. The molecule has 2 amide bonds. The molecule has 0 bridgehead atoms. The lowest BCUT2D eigenvalue weighted by atomic mass is 9.93. The summed E-state index contributed by atoms with van der Waals surface area (Å²) in [7, 11) is 1.57. The number of piperazine rings is 1. The molecular weight excluding hydrogens is 641 g/mol. The first-order valence-corrected chi connectivity index (χ1v) is 16.7. The number of hydrogen-bond donors (Lipinski definition) is 1. The maximum atomic E-state index is 16.7. The zero-order valence-electron chi connectivity index (χ0n) is 28.0. The van der Waals surface area contributed by atoms with Gasteiger partial charge in [0.25, 0.3) is 5.91 Å². The first-order chi connectivity index (χ1) is 24.4. The molecule has 258 valence electrons. The van der Waals surface area contributed by atoms with Gasteiger partial charge in [0, 0.05) is 87.0 Å². The van der Waals surface area contributed by atoms with Crippen molar-refractivity contribution in [3.63, 3.8) is 0 Å². The lowest BCUT2D eigenvalue weighted by Gasteiger charge is -2.35. The number of rotatable bonds is 10. The average Bonchev–Trinajstić information content (AvgIpc) is 3.86. The molecule has 13 nitrogen and oxygen atoms in total. The van der Waals surface area contributed by atoms with E-state index in [9.17, 15) is 9.59 Å². The Morgan fingerprint density at radius 3 is 2.62 bits per heavy atom. The molecule has 2 aliphatic heterocycles. The molecular formula is C36H38FN9O4. The minimum absolute atomic E-state index is 0.0493. The molecule has 7 rings (SSSR count). The Morgan fingerprint density at radius 2 is 1.84 bits per heavy atom. The second kappa shape index (κ2) is 14.4. The molecule has 1 N–H and O–H groups in total.